The van der Waals surface area contributed by atoms with Crippen LogP contribution in [0.3, 0.4) is 0 Å². The van der Waals surface area contributed by atoms with Crippen LogP contribution >= 0.6 is 0 Å². The maximum absolute atomic E-state index is 6.06. The highest BCUT2D eigenvalue weighted by Gasteiger charge is 2.14. The molecule has 0 saturated carbocycles. The van der Waals surface area contributed by atoms with Crippen LogP contribution in [-0.4, -0.2) is 65.8 Å². The van der Waals surface area contributed by atoms with E-state index >= 15 is 0 Å². The molecule has 2 aromatic heterocycles. The van der Waals surface area contributed by atoms with Gasteiger partial charge in [-0.15, -0.1) is 5.10 Å². The first kappa shape index (κ1) is 14.2. The van der Waals surface area contributed by atoms with E-state index in [1.54, 1.807) is 4.52 Å². The number of aromatic nitrogens is 2. The quantitative estimate of drug-likeness (QED) is 0.830. The van der Waals surface area contributed by atoms with E-state index in [2.05, 4.69) is 21.9 Å². The van der Waals surface area contributed by atoms with E-state index in [9.17, 15) is 0 Å². The summed E-state index contributed by atoms with van der Waals surface area (Å²) < 4.78 is 7.50. The van der Waals surface area contributed by atoms with Crippen molar-refractivity contribution in [1.82, 2.24) is 19.4 Å². The normalized spacial score (nSPS) is 17.4. The average molecular weight is 289 g/mol. The van der Waals surface area contributed by atoms with Crippen molar-refractivity contribution < 1.29 is 4.74 Å². The second-order valence-electron chi connectivity index (χ2n) is 5.60. The largest absolute Gasteiger partial charge is 0.475 e. The van der Waals surface area contributed by atoms with Crippen LogP contribution in [0.4, 0.5) is 5.69 Å². The molecule has 0 amide bonds. The molecule has 0 aromatic carbocycles. The van der Waals surface area contributed by atoms with Gasteiger partial charge in [0, 0.05) is 38.9 Å². The zero-order chi connectivity index (χ0) is 14.7. The fourth-order valence-electron chi connectivity index (χ4n) is 2.63. The molecule has 2 N–H and O–H groups in total. The number of nitrogens with two attached hydrogens (primary N) is 1. The van der Waals surface area contributed by atoms with Crippen molar-refractivity contribution >= 4 is 11.2 Å². The first-order valence-electron chi connectivity index (χ1n) is 7.50. The summed E-state index contributed by atoms with van der Waals surface area (Å²) in [5.74, 6) is 0.541. The Morgan fingerprint density at radius 2 is 2.05 bits per heavy atom. The Hall–Kier alpha value is -1.79. The van der Waals surface area contributed by atoms with E-state index in [-0.39, 0.29) is 0 Å². The van der Waals surface area contributed by atoms with E-state index in [4.69, 9.17) is 10.5 Å². The topological polar surface area (TPSA) is 59.0 Å². The molecular formula is C15H23N5O. The lowest BCUT2D eigenvalue weighted by atomic mass is 10.3. The number of nitrogen functional groups attached to an aromatic ring is 1. The number of piperazine rings is 1. The fraction of sp³-hybridized carbons (Fsp3) is 0.533. The highest BCUT2D eigenvalue weighted by molar-refractivity contribution is 5.74. The van der Waals surface area contributed by atoms with Crippen molar-refractivity contribution in [3.63, 3.8) is 0 Å². The second kappa shape index (κ2) is 6.32. The highest BCUT2D eigenvalue weighted by Crippen LogP contribution is 2.24. The van der Waals surface area contributed by atoms with Gasteiger partial charge in [-0.25, -0.2) is 4.52 Å². The smallest absolute Gasteiger partial charge is 0.257 e. The van der Waals surface area contributed by atoms with Crippen LogP contribution in [0, 0.1) is 0 Å². The Morgan fingerprint density at radius 1 is 1.24 bits per heavy atom. The Bertz CT molecular complexity index is 589. The molecule has 1 saturated heterocycles. The summed E-state index contributed by atoms with van der Waals surface area (Å²) in [5, 5.41) is 4.36. The molecule has 0 radical (unpaired) electrons. The molecule has 0 aliphatic carbocycles. The fourth-order valence-corrected chi connectivity index (χ4v) is 2.63. The SMILES string of the molecule is CN1CCN(CCCOc2nn3ccccc3c2N)CC1. The predicted octanol–water partition coefficient (Wildman–Crippen LogP) is 0.933. The van der Waals surface area contributed by atoms with Crippen molar-refractivity contribution in [3.05, 3.63) is 24.4 Å². The van der Waals surface area contributed by atoms with Gasteiger partial charge in [-0.3, -0.25) is 0 Å². The highest BCUT2D eigenvalue weighted by atomic mass is 16.5. The Balaban J connectivity index is 1.47. The van der Waals surface area contributed by atoms with E-state index in [1.165, 1.54) is 0 Å². The summed E-state index contributed by atoms with van der Waals surface area (Å²) in [6.45, 7) is 6.32. The van der Waals surface area contributed by atoms with Crippen molar-refractivity contribution in [2.75, 3.05) is 52.1 Å². The summed E-state index contributed by atoms with van der Waals surface area (Å²) in [4.78, 5) is 4.85. The van der Waals surface area contributed by atoms with Gasteiger partial charge < -0.3 is 20.3 Å². The number of fused-ring (bicyclic) bond motifs is 1. The van der Waals surface area contributed by atoms with Gasteiger partial charge in [0.2, 0.25) is 0 Å². The summed E-state index contributed by atoms with van der Waals surface area (Å²) in [6, 6.07) is 5.82. The number of hydrogen-bond donors (Lipinski definition) is 1. The maximum Gasteiger partial charge on any atom is 0.257 e. The predicted molar refractivity (Wildman–Crippen MR) is 83.7 cm³/mol. The van der Waals surface area contributed by atoms with Crippen LogP contribution < -0.4 is 10.5 Å². The van der Waals surface area contributed by atoms with Crippen LogP contribution in [0.25, 0.3) is 5.52 Å². The minimum atomic E-state index is 0.541. The van der Waals surface area contributed by atoms with Crippen LogP contribution in [0.5, 0.6) is 5.88 Å². The first-order valence-corrected chi connectivity index (χ1v) is 7.50. The minimum Gasteiger partial charge on any atom is -0.475 e. The number of ether oxygens (including phenoxy) is 1. The maximum atomic E-state index is 6.06. The minimum absolute atomic E-state index is 0.541. The van der Waals surface area contributed by atoms with Crippen molar-refractivity contribution in [2.45, 2.75) is 6.42 Å². The molecule has 1 aliphatic rings. The van der Waals surface area contributed by atoms with Gasteiger partial charge in [0.1, 0.15) is 5.69 Å². The molecule has 2 aromatic rings. The van der Waals surface area contributed by atoms with Crippen molar-refractivity contribution in [3.8, 4) is 5.88 Å². The van der Waals surface area contributed by atoms with E-state index in [1.807, 2.05) is 24.4 Å². The van der Waals surface area contributed by atoms with Crippen molar-refractivity contribution in [1.29, 1.82) is 0 Å². The van der Waals surface area contributed by atoms with Gasteiger partial charge in [0.15, 0.2) is 0 Å². The summed E-state index contributed by atoms with van der Waals surface area (Å²) in [6.07, 6.45) is 2.87. The van der Waals surface area contributed by atoms with E-state index in [0.717, 1.165) is 44.7 Å². The monoisotopic (exact) mass is 289 g/mol. The lowest BCUT2D eigenvalue weighted by Crippen LogP contribution is -2.44. The third-order valence-electron chi connectivity index (χ3n) is 4.00. The molecule has 3 heterocycles. The number of pyridine rings is 1. The van der Waals surface area contributed by atoms with Gasteiger partial charge in [-0.05, 0) is 25.6 Å². The molecule has 0 unspecified atom stereocenters. The summed E-state index contributed by atoms with van der Waals surface area (Å²) in [5.41, 5.74) is 7.57. The first-order chi connectivity index (χ1) is 10.2. The number of rotatable bonds is 5. The Labute approximate surface area is 125 Å². The van der Waals surface area contributed by atoms with Gasteiger partial charge in [0.05, 0.1) is 12.1 Å². The molecule has 114 valence electrons. The molecule has 6 heteroatoms. The summed E-state index contributed by atoms with van der Waals surface area (Å²) >= 11 is 0. The Morgan fingerprint density at radius 3 is 2.81 bits per heavy atom. The zero-order valence-electron chi connectivity index (χ0n) is 12.5. The lowest BCUT2D eigenvalue weighted by molar-refractivity contribution is 0.145. The summed E-state index contributed by atoms with van der Waals surface area (Å²) in [7, 11) is 2.17. The number of nitrogens with zero attached hydrogens (tertiary/aromatic N) is 4. The molecule has 0 atom stereocenters. The number of hydrogen-bond acceptors (Lipinski definition) is 5. The number of anilines is 1. The van der Waals surface area contributed by atoms with E-state index in [0.29, 0.717) is 18.2 Å². The van der Waals surface area contributed by atoms with E-state index < -0.39 is 0 Å². The van der Waals surface area contributed by atoms with Crippen LogP contribution in [0.15, 0.2) is 24.4 Å². The molecule has 1 aliphatic heterocycles. The molecular weight excluding hydrogens is 266 g/mol. The van der Waals surface area contributed by atoms with Gasteiger partial charge in [-0.2, -0.15) is 0 Å². The second-order valence-corrected chi connectivity index (χ2v) is 5.60. The Kier molecular flexibility index (Phi) is 4.26. The van der Waals surface area contributed by atoms with Gasteiger partial charge >= 0.3 is 0 Å². The van der Waals surface area contributed by atoms with Gasteiger partial charge in [0.25, 0.3) is 5.88 Å². The molecule has 3 rings (SSSR count). The standard InChI is InChI=1S/C15H23N5O/c1-18-8-10-19(11-9-18)6-4-12-21-15-14(16)13-5-2-3-7-20(13)17-15/h2-3,5,7H,4,6,8-12,16H2,1H3. The van der Waals surface area contributed by atoms with Crippen LogP contribution in [0.2, 0.25) is 0 Å². The molecule has 6 nitrogen and oxygen atoms in total. The lowest BCUT2D eigenvalue weighted by Gasteiger charge is -2.32. The third kappa shape index (κ3) is 3.28. The third-order valence-corrected chi connectivity index (χ3v) is 4.00. The van der Waals surface area contributed by atoms with Gasteiger partial charge in [-0.1, -0.05) is 6.07 Å². The van der Waals surface area contributed by atoms with Crippen LogP contribution in [-0.2, 0) is 0 Å². The van der Waals surface area contributed by atoms with Crippen LogP contribution in [0.1, 0.15) is 6.42 Å². The molecule has 0 spiro atoms. The number of likely N-dealkylation sites (N-methyl/N-ethyl adjacent to an activating group) is 1. The zero-order valence-corrected chi connectivity index (χ0v) is 12.5. The molecule has 1 fully saturated rings. The molecule has 0 bridgehead atoms. The molecule has 21 heavy (non-hydrogen) atoms. The van der Waals surface area contributed by atoms with Crippen molar-refractivity contribution in [2.24, 2.45) is 0 Å². The average Bonchev–Trinajstić information content (AvgIpc) is 2.82.